The molecule has 402 valence electrons. The Labute approximate surface area is 420 Å². The van der Waals surface area contributed by atoms with Gasteiger partial charge in [0.1, 0.15) is 26.4 Å². The second kappa shape index (κ2) is 51.2. The highest BCUT2D eigenvalue weighted by Gasteiger charge is 2.21. The highest BCUT2D eigenvalue weighted by molar-refractivity contribution is 5.73. The standard InChI is InChI=1S/C58H112N2O8/c1-7-13-17-21-25-29-33-37-42-54(41-36-32-28-24-20-16-10-4)58(64)68-52-50-66-56(62)44-48-60(46-38-45-59(11-5)12-6)47-43-55(61)65-49-51-67-57(63)53(39-34-30-26-22-18-14-8-2)40-35-31-27-23-19-15-9-3/h53-54H,7-52H2,1-6H3. The predicted molar refractivity (Wildman–Crippen MR) is 284 cm³/mol. The molecule has 0 aromatic rings. The summed E-state index contributed by atoms with van der Waals surface area (Å²) in [5, 5.41) is 0. The van der Waals surface area contributed by atoms with Crippen molar-refractivity contribution in [2.24, 2.45) is 11.8 Å². The molecule has 10 nitrogen and oxygen atoms in total. The van der Waals surface area contributed by atoms with Crippen molar-refractivity contribution in [3.63, 3.8) is 0 Å². The van der Waals surface area contributed by atoms with Crippen molar-refractivity contribution in [3.8, 4) is 0 Å². The number of carbonyl (C=O) groups excluding carboxylic acids is 4. The summed E-state index contributed by atoms with van der Waals surface area (Å²) < 4.78 is 22.4. The summed E-state index contributed by atoms with van der Waals surface area (Å²) in [7, 11) is 0. The third kappa shape index (κ3) is 42.7. The first-order chi connectivity index (χ1) is 33.3. The summed E-state index contributed by atoms with van der Waals surface area (Å²) >= 11 is 0. The number of unbranched alkanes of at least 4 members (excludes halogenated alkanes) is 25. The Balaban J connectivity index is 4.95. The zero-order valence-electron chi connectivity index (χ0n) is 45.8. The Morgan fingerprint density at radius 3 is 0.868 bits per heavy atom. The lowest BCUT2D eigenvalue weighted by Crippen LogP contribution is -2.33. The van der Waals surface area contributed by atoms with Crippen molar-refractivity contribution in [1.82, 2.24) is 9.80 Å². The molecule has 10 heteroatoms. The minimum Gasteiger partial charge on any atom is -0.462 e. The number of hydrogen-bond acceptors (Lipinski definition) is 10. The topological polar surface area (TPSA) is 112 Å². The van der Waals surface area contributed by atoms with Gasteiger partial charge < -0.3 is 28.7 Å². The van der Waals surface area contributed by atoms with Crippen LogP contribution in [0.5, 0.6) is 0 Å². The molecule has 0 spiro atoms. The molecule has 0 aromatic carbocycles. The van der Waals surface area contributed by atoms with Crippen molar-refractivity contribution >= 4 is 23.9 Å². The first-order valence-electron chi connectivity index (χ1n) is 29.3. The Bertz CT molecular complexity index is 1120. The largest absolute Gasteiger partial charge is 0.462 e. The quantitative estimate of drug-likeness (QED) is 0.0332. The van der Waals surface area contributed by atoms with Crippen LogP contribution in [-0.2, 0) is 38.1 Å². The Kier molecular flexibility index (Phi) is 49.5. The minimum absolute atomic E-state index is 0.0457. The number of hydrogen-bond donors (Lipinski definition) is 0. The van der Waals surface area contributed by atoms with Gasteiger partial charge in [0.15, 0.2) is 0 Å². The van der Waals surface area contributed by atoms with E-state index in [1.54, 1.807) is 0 Å². The molecular formula is C58H112N2O8. The van der Waals surface area contributed by atoms with E-state index in [0.29, 0.717) is 13.1 Å². The summed E-state index contributed by atoms with van der Waals surface area (Å²) in [4.78, 5) is 56.7. The minimum atomic E-state index is -0.338. The van der Waals surface area contributed by atoms with E-state index in [2.05, 4.69) is 51.3 Å². The van der Waals surface area contributed by atoms with Gasteiger partial charge >= 0.3 is 23.9 Å². The van der Waals surface area contributed by atoms with Crippen molar-refractivity contribution < 1.29 is 38.1 Å². The molecule has 0 bridgehead atoms. The summed E-state index contributed by atoms with van der Waals surface area (Å²) in [6, 6.07) is 0. The fraction of sp³-hybridized carbons (Fsp3) is 0.931. The van der Waals surface area contributed by atoms with Gasteiger partial charge in [0.05, 0.1) is 24.7 Å². The molecule has 0 rings (SSSR count). The molecule has 0 radical (unpaired) electrons. The average Bonchev–Trinajstić information content (AvgIpc) is 3.34. The molecule has 0 saturated heterocycles. The molecule has 0 aliphatic rings. The van der Waals surface area contributed by atoms with Crippen LogP contribution in [0.3, 0.4) is 0 Å². The molecule has 0 aliphatic carbocycles. The Morgan fingerprint density at radius 2 is 0.574 bits per heavy atom. The molecule has 0 saturated carbocycles. The second-order valence-corrected chi connectivity index (χ2v) is 19.9. The normalized spacial score (nSPS) is 12.0. The van der Waals surface area contributed by atoms with E-state index in [1.807, 2.05) is 0 Å². The van der Waals surface area contributed by atoms with E-state index >= 15 is 0 Å². The van der Waals surface area contributed by atoms with Crippen LogP contribution >= 0.6 is 0 Å². The fourth-order valence-electron chi connectivity index (χ4n) is 9.20. The van der Waals surface area contributed by atoms with Crippen LogP contribution in [0.1, 0.15) is 273 Å². The zero-order valence-corrected chi connectivity index (χ0v) is 45.8. The van der Waals surface area contributed by atoms with Gasteiger partial charge in [0.2, 0.25) is 0 Å². The van der Waals surface area contributed by atoms with Crippen LogP contribution in [0.4, 0.5) is 0 Å². The van der Waals surface area contributed by atoms with E-state index in [9.17, 15) is 19.2 Å². The van der Waals surface area contributed by atoms with Crippen LogP contribution in [0.15, 0.2) is 0 Å². The molecule has 0 fully saturated rings. The smallest absolute Gasteiger partial charge is 0.309 e. The van der Waals surface area contributed by atoms with Crippen LogP contribution in [0.25, 0.3) is 0 Å². The van der Waals surface area contributed by atoms with Gasteiger partial charge in [-0.05, 0) is 58.3 Å². The van der Waals surface area contributed by atoms with Gasteiger partial charge in [-0.25, -0.2) is 0 Å². The lowest BCUT2D eigenvalue weighted by molar-refractivity contribution is -0.156. The summed E-state index contributed by atoms with van der Waals surface area (Å²) in [6.45, 7) is 18.1. The first-order valence-corrected chi connectivity index (χ1v) is 29.3. The van der Waals surface area contributed by atoms with Crippen molar-refractivity contribution in [1.29, 1.82) is 0 Å². The van der Waals surface area contributed by atoms with Crippen LogP contribution in [-0.4, -0.2) is 99.4 Å². The van der Waals surface area contributed by atoms with E-state index in [0.717, 1.165) is 110 Å². The van der Waals surface area contributed by atoms with Crippen LogP contribution in [0, 0.1) is 11.8 Å². The van der Waals surface area contributed by atoms with E-state index in [-0.39, 0.29) is 75.0 Å². The molecule has 0 heterocycles. The highest BCUT2D eigenvalue weighted by Crippen LogP contribution is 2.23. The summed E-state index contributed by atoms with van der Waals surface area (Å²) in [5.41, 5.74) is 0. The highest BCUT2D eigenvalue weighted by atomic mass is 16.6. The Morgan fingerprint density at radius 1 is 0.309 bits per heavy atom. The molecular weight excluding hydrogens is 853 g/mol. The number of ether oxygens (including phenoxy) is 4. The number of nitrogens with zero attached hydrogens (tertiary/aromatic N) is 2. The SMILES string of the molecule is CCCCCCCCCCC(CCCCCCCCC)C(=O)OCCOC(=O)CCN(CCCN(CC)CC)CCC(=O)OCCOC(=O)C(CCCCCCCCC)CCCCCCCCC. The maximum Gasteiger partial charge on any atom is 0.309 e. The third-order valence-corrected chi connectivity index (χ3v) is 13.8. The second-order valence-electron chi connectivity index (χ2n) is 19.9. The number of carbonyl (C=O) groups is 4. The summed E-state index contributed by atoms with van der Waals surface area (Å²) in [6.07, 6.45) is 40.3. The lowest BCUT2D eigenvalue weighted by atomic mass is 9.94. The number of rotatable bonds is 53. The van der Waals surface area contributed by atoms with Gasteiger partial charge in [0, 0.05) is 13.1 Å². The molecule has 0 aromatic heterocycles. The predicted octanol–water partition coefficient (Wildman–Crippen LogP) is 15.2. The molecule has 0 aliphatic heterocycles. The van der Waals surface area contributed by atoms with Crippen molar-refractivity contribution in [2.75, 3.05) is 65.7 Å². The van der Waals surface area contributed by atoms with Crippen molar-refractivity contribution in [2.45, 2.75) is 273 Å². The Hall–Kier alpha value is -2.20. The number of esters is 4. The van der Waals surface area contributed by atoms with E-state index in [1.165, 1.54) is 135 Å². The molecule has 68 heavy (non-hydrogen) atoms. The van der Waals surface area contributed by atoms with E-state index in [4.69, 9.17) is 18.9 Å². The van der Waals surface area contributed by atoms with E-state index < -0.39 is 0 Å². The summed E-state index contributed by atoms with van der Waals surface area (Å²) in [5.74, 6) is -1.16. The van der Waals surface area contributed by atoms with Gasteiger partial charge in [-0.2, -0.15) is 0 Å². The molecule has 0 amide bonds. The fourth-order valence-corrected chi connectivity index (χ4v) is 9.20. The third-order valence-electron chi connectivity index (χ3n) is 13.8. The zero-order chi connectivity index (χ0) is 50.0. The molecule has 1 atom stereocenters. The maximum atomic E-state index is 13.2. The van der Waals surface area contributed by atoms with Gasteiger partial charge in [0.25, 0.3) is 0 Å². The van der Waals surface area contributed by atoms with Gasteiger partial charge in [-0.3, -0.25) is 19.2 Å². The molecule has 1 unspecified atom stereocenters. The van der Waals surface area contributed by atoms with Crippen molar-refractivity contribution in [3.05, 3.63) is 0 Å². The maximum absolute atomic E-state index is 13.2. The van der Waals surface area contributed by atoms with Crippen LogP contribution < -0.4 is 0 Å². The lowest BCUT2D eigenvalue weighted by Gasteiger charge is -2.24. The average molecular weight is 966 g/mol. The first kappa shape index (κ1) is 65.8. The molecule has 0 N–H and O–H groups in total. The van der Waals surface area contributed by atoms with Gasteiger partial charge in [-0.1, -0.05) is 228 Å². The van der Waals surface area contributed by atoms with Crippen LogP contribution in [0.2, 0.25) is 0 Å². The van der Waals surface area contributed by atoms with Gasteiger partial charge in [-0.15, -0.1) is 0 Å². The monoisotopic (exact) mass is 965 g/mol.